The van der Waals surface area contributed by atoms with Crippen molar-refractivity contribution in [2.24, 2.45) is 0 Å². The highest BCUT2D eigenvalue weighted by Crippen LogP contribution is 2.17. The quantitative estimate of drug-likeness (QED) is 0.467. The Balaban J connectivity index is 2.37. The van der Waals surface area contributed by atoms with Crippen molar-refractivity contribution >= 4 is 11.4 Å². The van der Waals surface area contributed by atoms with Gasteiger partial charge in [-0.15, -0.1) is 0 Å². The third-order valence-corrected chi connectivity index (χ3v) is 3.24. The van der Waals surface area contributed by atoms with Gasteiger partial charge in [-0.1, -0.05) is 69.0 Å². The number of aryl methyl sites for hydroxylation is 1. The molecule has 0 unspecified atom stereocenters. The summed E-state index contributed by atoms with van der Waals surface area (Å²) >= 11 is 0. The molecule has 0 heterocycles. The van der Waals surface area contributed by atoms with Gasteiger partial charge in [0.15, 0.2) is 5.78 Å². The summed E-state index contributed by atoms with van der Waals surface area (Å²) < 4.78 is 0. The first kappa shape index (κ1) is 14.7. The van der Waals surface area contributed by atoms with Gasteiger partial charge in [0.2, 0.25) is 0 Å². The maximum Gasteiger partial charge on any atom is 0.162 e. The van der Waals surface area contributed by atoms with Crippen molar-refractivity contribution in [1.82, 2.24) is 0 Å². The van der Waals surface area contributed by atoms with Crippen molar-refractivity contribution < 1.29 is 4.79 Å². The molecule has 98 valence electrons. The van der Waals surface area contributed by atoms with Crippen molar-refractivity contribution in [3.8, 4) is 0 Å². The number of allylic oxidation sites excluding steroid dienone is 1. The molecule has 1 aromatic carbocycles. The van der Waals surface area contributed by atoms with E-state index < -0.39 is 0 Å². The Morgan fingerprint density at radius 3 is 2.28 bits per heavy atom. The predicted molar refractivity (Wildman–Crippen MR) is 78.6 cm³/mol. The van der Waals surface area contributed by atoms with E-state index in [-0.39, 0.29) is 5.78 Å². The van der Waals surface area contributed by atoms with E-state index in [1.54, 1.807) is 0 Å². The van der Waals surface area contributed by atoms with Crippen LogP contribution in [0.2, 0.25) is 0 Å². The number of hydrogen-bond acceptors (Lipinski definition) is 1. The Kier molecular flexibility index (Phi) is 6.42. The van der Waals surface area contributed by atoms with Gasteiger partial charge >= 0.3 is 0 Å². The molecule has 0 atom stereocenters. The Hall–Kier alpha value is -1.37. The number of unbranched alkanes of at least 4 members (excludes halogenated alkanes) is 4. The first-order chi connectivity index (χ1) is 8.65. The summed E-state index contributed by atoms with van der Waals surface area (Å²) in [4.78, 5) is 12.0. The van der Waals surface area contributed by atoms with Crippen LogP contribution in [0.1, 0.15) is 56.6 Å². The highest BCUT2D eigenvalue weighted by atomic mass is 16.1. The van der Waals surface area contributed by atoms with Crippen LogP contribution in [0.4, 0.5) is 0 Å². The van der Waals surface area contributed by atoms with Gasteiger partial charge in [-0.05, 0) is 18.9 Å². The first-order valence-corrected chi connectivity index (χ1v) is 6.94. The molecule has 0 fully saturated rings. The molecule has 1 aromatic rings. The van der Waals surface area contributed by atoms with Crippen LogP contribution < -0.4 is 0 Å². The monoisotopic (exact) mass is 244 g/mol. The van der Waals surface area contributed by atoms with Gasteiger partial charge in [0, 0.05) is 12.0 Å². The lowest BCUT2D eigenvalue weighted by molar-refractivity contribution is -0.113. The zero-order valence-electron chi connectivity index (χ0n) is 11.7. The average Bonchev–Trinajstić information content (AvgIpc) is 2.38. The van der Waals surface area contributed by atoms with Crippen LogP contribution in [0.5, 0.6) is 0 Å². The van der Waals surface area contributed by atoms with E-state index in [9.17, 15) is 4.79 Å². The van der Waals surface area contributed by atoms with Crippen LogP contribution in [-0.2, 0) is 4.79 Å². The van der Waals surface area contributed by atoms with E-state index >= 15 is 0 Å². The smallest absolute Gasteiger partial charge is 0.162 e. The summed E-state index contributed by atoms with van der Waals surface area (Å²) in [6.45, 7) is 8.16. The summed E-state index contributed by atoms with van der Waals surface area (Å²) in [5.74, 6) is 0.190. The third-order valence-electron chi connectivity index (χ3n) is 3.24. The second-order valence-electron chi connectivity index (χ2n) is 4.93. The third kappa shape index (κ3) is 4.87. The van der Waals surface area contributed by atoms with E-state index in [0.717, 1.165) is 18.4 Å². The van der Waals surface area contributed by atoms with E-state index in [1.807, 2.05) is 31.2 Å². The standard InChI is InChI=1S/C17H24O/c1-4-5-6-7-8-9-17(18)15(3)16-12-10-14(2)11-13-16/h10-13H,3-9H2,1-2H3. The van der Waals surface area contributed by atoms with Crippen molar-refractivity contribution in [3.05, 3.63) is 42.0 Å². The molecular weight excluding hydrogens is 220 g/mol. The van der Waals surface area contributed by atoms with Gasteiger partial charge < -0.3 is 0 Å². The topological polar surface area (TPSA) is 17.1 Å². The van der Waals surface area contributed by atoms with Crippen molar-refractivity contribution in [3.63, 3.8) is 0 Å². The Morgan fingerprint density at radius 1 is 1.06 bits per heavy atom. The number of ketones is 1. The second kappa shape index (κ2) is 7.86. The lowest BCUT2D eigenvalue weighted by atomic mass is 9.98. The number of rotatable bonds is 8. The summed E-state index contributed by atoms with van der Waals surface area (Å²) in [7, 11) is 0. The molecule has 0 aliphatic carbocycles. The fourth-order valence-electron chi connectivity index (χ4n) is 1.96. The molecular formula is C17H24O. The maximum atomic E-state index is 12.0. The fourth-order valence-corrected chi connectivity index (χ4v) is 1.96. The van der Waals surface area contributed by atoms with Crippen molar-refractivity contribution in [2.75, 3.05) is 0 Å². The largest absolute Gasteiger partial charge is 0.294 e. The lowest BCUT2D eigenvalue weighted by Gasteiger charge is -2.05. The van der Waals surface area contributed by atoms with Crippen LogP contribution in [0.15, 0.2) is 30.8 Å². The minimum absolute atomic E-state index is 0.190. The zero-order valence-corrected chi connectivity index (χ0v) is 11.7. The molecule has 0 aliphatic rings. The van der Waals surface area contributed by atoms with E-state index in [0.29, 0.717) is 12.0 Å². The average molecular weight is 244 g/mol. The van der Waals surface area contributed by atoms with Crippen LogP contribution >= 0.6 is 0 Å². The Morgan fingerprint density at radius 2 is 1.67 bits per heavy atom. The van der Waals surface area contributed by atoms with Crippen LogP contribution in [0.25, 0.3) is 5.57 Å². The van der Waals surface area contributed by atoms with Gasteiger partial charge in [-0.3, -0.25) is 4.79 Å². The van der Waals surface area contributed by atoms with Crippen LogP contribution in [-0.4, -0.2) is 5.78 Å². The van der Waals surface area contributed by atoms with Gasteiger partial charge in [0.1, 0.15) is 0 Å². The molecule has 18 heavy (non-hydrogen) atoms. The molecule has 0 amide bonds. The van der Waals surface area contributed by atoms with Crippen LogP contribution in [0, 0.1) is 6.92 Å². The second-order valence-corrected chi connectivity index (χ2v) is 4.93. The molecule has 0 N–H and O–H groups in total. The molecule has 0 saturated heterocycles. The minimum atomic E-state index is 0.190. The number of Topliss-reactive ketones (excluding diaryl/α,β-unsaturated/α-hetero) is 1. The van der Waals surface area contributed by atoms with Gasteiger partial charge in [0.25, 0.3) is 0 Å². The summed E-state index contributed by atoms with van der Waals surface area (Å²) in [5, 5.41) is 0. The number of carbonyl (C=O) groups is 1. The number of benzene rings is 1. The Labute approximate surface area is 111 Å². The molecule has 0 bridgehead atoms. The summed E-state index contributed by atoms with van der Waals surface area (Å²) in [5.41, 5.74) is 2.82. The molecule has 1 nitrogen and oxygen atoms in total. The highest BCUT2D eigenvalue weighted by molar-refractivity contribution is 6.19. The maximum absolute atomic E-state index is 12.0. The van der Waals surface area contributed by atoms with Crippen molar-refractivity contribution in [1.29, 1.82) is 0 Å². The summed E-state index contributed by atoms with van der Waals surface area (Å²) in [6, 6.07) is 8.00. The first-order valence-electron chi connectivity index (χ1n) is 6.94. The van der Waals surface area contributed by atoms with Crippen LogP contribution in [0.3, 0.4) is 0 Å². The normalized spacial score (nSPS) is 10.3. The van der Waals surface area contributed by atoms with Gasteiger partial charge in [-0.2, -0.15) is 0 Å². The SMILES string of the molecule is C=C(C(=O)CCCCCCC)c1ccc(C)cc1. The lowest BCUT2D eigenvalue weighted by Crippen LogP contribution is -2.00. The molecule has 0 saturated carbocycles. The number of carbonyl (C=O) groups excluding carboxylic acids is 1. The predicted octanol–water partition coefficient (Wildman–Crippen LogP) is 4.94. The Bertz CT molecular complexity index is 387. The van der Waals surface area contributed by atoms with E-state index in [2.05, 4.69) is 13.5 Å². The minimum Gasteiger partial charge on any atom is -0.294 e. The fraction of sp³-hybridized carbons (Fsp3) is 0.471. The highest BCUT2D eigenvalue weighted by Gasteiger charge is 2.08. The summed E-state index contributed by atoms with van der Waals surface area (Å²) in [6.07, 6.45) is 6.53. The van der Waals surface area contributed by atoms with Gasteiger partial charge in [0.05, 0.1) is 0 Å². The molecule has 1 rings (SSSR count). The van der Waals surface area contributed by atoms with E-state index in [4.69, 9.17) is 0 Å². The van der Waals surface area contributed by atoms with E-state index in [1.165, 1.54) is 24.8 Å². The molecule has 0 spiro atoms. The molecule has 0 radical (unpaired) electrons. The molecule has 0 aliphatic heterocycles. The number of hydrogen-bond donors (Lipinski definition) is 0. The molecule has 0 aromatic heterocycles. The molecule has 1 heteroatoms. The van der Waals surface area contributed by atoms with Gasteiger partial charge in [-0.25, -0.2) is 0 Å². The van der Waals surface area contributed by atoms with Crippen molar-refractivity contribution in [2.45, 2.75) is 52.4 Å². The zero-order chi connectivity index (χ0) is 13.4.